The number of aromatic hydroxyl groups is 1. The van der Waals surface area contributed by atoms with Crippen molar-refractivity contribution in [3.05, 3.63) is 17.2 Å². The summed E-state index contributed by atoms with van der Waals surface area (Å²) in [5.74, 6) is 1.51. The summed E-state index contributed by atoms with van der Waals surface area (Å²) in [5.41, 5.74) is 0.227. The molecule has 6 heteroatoms. The molecule has 3 fully saturated rings. The molecule has 150 valence electrons. The van der Waals surface area contributed by atoms with E-state index < -0.39 is 17.1 Å². The number of carbonyl (C=O) groups excluding carboxylic acids is 1. The minimum Gasteiger partial charge on any atom is -0.502 e. The summed E-state index contributed by atoms with van der Waals surface area (Å²) in [4.78, 5) is 12.9. The van der Waals surface area contributed by atoms with Crippen molar-refractivity contribution in [1.82, 2.24) is 0 Å². The normalized spacial score (nSPS) is 42.8. The van der Waals surface area contributed by atoms with E-state index >= 15 is 0 Å². The van der Waals surface area contributed by atoms with Gasteiger partial charge in [-0.1, -0.05) is 0 Å². The number of hydrogen-bond donors (Lipinski definition) is 2. The number of aliphatic hydroxyl groups is 1. The van der Waals surface area contributed by atoms with Crippen LogP contribution in [0.2, 0.25) is 0 Å². The molecule has 5 atom stereocenters. The van der Waals surface area contributed by atoms with Crippen molar-refractivity contribution in [3.8, 4) is 17.2 Å². The molecule has 1 aromatic rings. The van der Waals surface area contributed by atoms with Gasteiger partial charge in [0.1, 0.15) is 11.6 Å². The molecule has 2 saturated carbocycles. The van der Waals surface area contributed by atoms with Gasteiger partial charge in [-0.05, 0) is 30.9 Å². The summed E-state index contributed by atoms with van der Waals surface area (Å²) in [6, 6.07) is 1.94. The summed E-state index contributed by atoms with van der Waals surface area (Å²) >= 11 is 0. The van der Waals surface area contributed by atoms with Gasteiger partial charge in [0.15, 0.2) is 23.4 Å². The van der Waals surface area contributed by atoms with E-state index in [4.69, 9.17) is 9.47 Å². The Morgan fingerprint density at radius 2 is 2.14 bits per heavy atom. The van der Waals surface area contributed by atoms with Crippen LogP contribution < -0.4 is 9.47 Å². The van der Waals surface area contributed by atoms with Gasteiger partial charge >= 0.3 is 0 Å². The zero-order chi connectivity index (χ0) is 19.5. The highest BCUT2D eigenvalue weighted by Crippen LogP contribution is 2.67. The molecule has 2 aliphatic heterocycles. The molecule has 2 N–H and O–H groups in total. The van der Waals surface area contributed by atoms with Crippen LogP contribution in [0.3, 0.4) is 0 Å². The van der Waals surface area contributed by atoms with Gasteiger partial charge in [-0.2, -0.15) is 0 Å². The molecule has 5 aliphatic rings. The van der Waals surface area contributed by atoms with Crippen molar-refractivity contribution in [2.75, 3.05) is 27.2 Å². The van der Waals surface area contributed by atoms with Crippen molar-refractivity contribution < 1.29 is 29.0 Å². The Hall–Kier alpha value is -1.79. The molecule has 2 bridgehead atoms. The van der Waals surface area contributed by atoms with E-state index in [0.29, 0.717) is 30.8 Å². The van der Waals surface area contributed by atoms with E-state index in [0.717, 1.165) is 41.0 Å². The molecule has 1 spiro atoms. The van der Waals surface area contributed by atoms with Crippen molar-refractivity contribution in [1.29, 1.82) is 0 Å². The lowest BCUT2D eigenvalue weighted by molar-refractivity contribution is -0.950. The highest BCUT2D eigenvalue weighted by molar-refractivity contribution is 5.90. The number of carbonyl (C=O) groups is 1. The number of methoxy groups -OCH3 is 1. The fourth-order valence-corrected chi connectivity index (χ4v) is 7.14. The number of Topliss-reactive ketones (excluding diaryl/α,β-unsaturated/α-hetero) is 1. The minimum absolute atomic E-state index is 0.0359. The van der Waals surface area contributed by atoms with E-state index in [9.17, 15) is 15.0 Å². The third-order valence-electron chi connectivity index (χ3n) is 8.57. The second-order valence-electron chi connectivity index (χ2n) is 9.95. The summed E-state index contributed by atoms with van der Waals surface area (Å²) < 4.78 is 12.4. The van der Waals surface area contributed by atoms with Crippen molar-refractivity contribution in [3.63, 3.8) is 0 Å². The maximum atomic E-state index is 12.9. The number of likely N-dealkylation sites (tertiary alicyclic amines) is 1. The lowest BCUT2D eigenvalue weighted by atomic mass is 9.48. The zero-order valence-electron chi connectivity index (χ0n) is 16.5. The van der Waals surface area contributed by atoms with Gasteiger partial charge < -0.3 is 24.2 Å². The second kappa shape index (κ2) is 5.03. The van der Waals surface area contributed by atoms with E-state index in [1.165, 1.54) is 20.0 Å². The second-order valence-corrected chi connectivity index (χ2v) is 9.95. The summed E-state index contributed by atoms with van der Waals surface area (Å²) in [6.07, 6.45) is 4.14. The van der Waals surface area contributed by atoms with Crippen LogP contribution in [0.4, 0.5) is 0 Å². The molecule has 28 heavy (non-hydrogen) atoms. The molecular weight excluding hydrogens is 358 g/mol. The lowest BCUT2D eigenvalue weighted by Gasteiger charge is -2.64. The highest BCUT2D eigenvalue weighted by Gasteiger charge is 2.76. The molecule has 0 aromatic heterocycles. The van der Waals surface area contributed by atoms with Crippen LogP contribution >= 0.6 is 0 Å². The van der Waals surface area contributed by atoms with Gasteiger partial charge in [-0.25, -0.2) is 0 Å². The first-order valence-corrected chi connectivity index (χ1v) is 10.5. The number of quaternary nitrogens is 1. The fraction of sp³-hybridized carbons (Fsp3) is 0.682. The number of benzene rings is 1. The number of hydrogen-bond acceptors (Lipinski definition) is 5. The monoisotopic (exact) mass is 386 g/mol. The van der Waals surface area contributed by atoms with Crippen LogP contribution in [0.5, 0.6) is 17.2 Å². The Balaban J connectivity index is 1.61. The molecular formula is C22H28NO5+. The predicted molar refractivity (Wildman–Crippen MR) is 101 cm³/mol. The highest BCUT2D eigenvalue weighted by atomic mass is 16.5. The van der Waals surface area contributed by atoms with E-state index in [1.54, 1.807) is 0 Å². The van der Waals surface area contributed by atoms with E-state index in [2.05, 4.69) is 7.05 Å². The number of ether oxygens (including phenoxy) is 2. The minimum atomic E-state index is -0.979. The number of nitrogens with zero attached hydrogens (tertiary/aromatic N) is 1. The third kappa shape index (κ3) is 1.75. The van der Waals surface area contributed by atoms with Crippen LogP contribution in [0.1, 0.15) is 43.2 Å². The molecule has 1 saturated heterocycles. The molecule has 1 aromatic carbocycles. The summed E-state index contributed by atoms with van der Waals surface area (Å²) in [7, 11) is 3.82. The first-order valence-electron chi connectivity index (χ1n) is 10.5. The van der Waals surface area contributed by atoms with Gasteiger partial charge in [0.25, 0.3) is 0 Å². The Morgan fingerprint density at radius 1 is 1.36 bits per heavy atom. The largest absolute Gasteiger partial charge is 0.502 e. The third-order valence-corrected chi connectivity index (χ3v) is 8.57. The van der Waals surface area contributed by atoms with Gasteiger partial charge in [-0.3, -0.25) is 4.79 Å². The van der Waals surface area contributed by atoms with Crippen LogP contribution in [-0.2, 0) is 16.6 Å². The average Bonchev–Trinajstić information content (AvgIpc) is 3.39. The van der Waals surface area contributed by atoms with Gasteiger partial charge in [0.2, 0.25) is 5.75 Å². The predicted octanol–water partition coefficient (Wildman–Crippen LogP) is 1.68. The maximum absolute atomic E-state index is 12.9. The standard InChI is InChI=1S/C22H27NO5/c1-23(11-12-3-4-12)8-7-21-17-13-9-15(27-2)18(25)19(17)28-20(21)14(24)5-6-22(21,26)16(23)10-13/h9,12,16,20,26H,3-8,10-11H2,1-2H3/p+1/t16-,20-,21-,22+,23+/m0/s1. The molecule has 0 amide bonds. The Kier molecular flexibility index (Phi) is 3.07. The summed E-state index contributed by atoms with van der Waals surface area (Å²) in [5, 5.41) is 23.0. The lowest BCUT2D eigenvalue weighted by Crippen LogP contribution is -2.80. The van der Waals surface area contributed by atoms with Crippen molar-refractivity contribution in [2.45, 2.75) is 61.7 Å². The Bertz CT molecular complexity index is 911. The molecule has 0 unspecified atom stereocenters. The van der Waals surface area contributed by atoms with Gasteiger partial charge in [0.05, 0.1) is 32.7 Å². The van der Waals surface area contributed by atoms with E-state index in [1.807, 2.05) is 6.07 Å². The van der Waals surface area contributed by atoms with Crippen LogP contribution in [0, 0.1) is 5.92 Å². The molecule has 6 rings (SSSR count). The van der Waals surface area contributed by atoms with Crippen molar-refractivity contribution >= 4 is 5.78 Å². The fourth-order valence-electron chi connectivity index (χ4n) is 7.14. The van der Waals surface area contributed by atoms with Crippen LogP contribution in [0.25, 0.3) is 0 Å². The Labute approximate surface area is 164 Å². The van der Waals surface area contributed by atoms with Gasteiger partial charge in [-0.15, -0.1) is 0 Å². The number of ketones is 1. The van der Waals surface area contributed by atoms with Crippen LogP contribution in [-0.4, -0.2) is 65.5 Å². The number of piperidine rings is 1. The molecule has 2 heterocycles. The maximum Gasteiger partial charge on any atom is 0.201 e. The smallest absolute Gasteiger partial charge is 0.201 e. The Morgan fingerprint density at radius 3 is 2.86 bits per heavy atom. The first kappa shape index (κ1) is 17.1. The zero-order valence-corrected chi connectivity index (χ0v) is 16.5. The SMILES string of the molecule is COc1cc2c3c(c1O)O[C@H]1C(=O)CC[C@@]4(O)[C@H](C2)[N@@+](C)(CC2CC2)CC[C@]314. The summed E-state index contributed by atoms with van der Waals surface area (Å²) in [6.45, 7) is 2.03. The number of phenols is 1. The molecule has 0 radical (unpaired) electrons. The number of phenolic OH excluding ortho intramolecular Hbond substituents is 1. The average molecular weight is 386 g/mol. The topological polar surface area (TPSA) is 76.0 Å². The molecule has 6 nitrogen and oxygen atoms in total. The number of likely N-dealkylation sites (N-methyl/N-ethyl adjacent to an activating group) is 1. The molecule has 3 aliphatic carbocycles. The van der Waals surface area contributed by atoms with Crippen LogP contribution in [0.15, 0.2) is 6.07 Å². The van der Waals surface area contributed by atoms with E-state index in [-0.39, 0.29) is 17.6 Å². The van der Waals surface area contributed by atoms with Crippen molar-refractivity contribution in [2.24, 2.45) is 5.92 Å². The number of rotatable bonds is 3. The quantitative estimate of drug-likeness (QED) is 0.773. The first-order chi connectivity index (χ1) is 13.3. The van der Waals surface area contributed by atoms with Gasteiger partial charge in [0, 0.05) is 30.7 Å².